The van der Waals surface area contributed by atoms with Crippen LogP contribution < -0.4 is 14.8 Å². The number of amides is 1. The van der Waals surface area contributed by atoms with Gasteiger partial charge in [-0.15, -0.1) is 0 Å². The summed E-state index contributed by atoms with van der Waals surface area (Å²) >= 11 is 11.7. The lowest BCUT2D eigenvalue weighted by atomic mass is 10.2. The highest BCUT2D eigenvalue weighted by Gasteiger charge is 2.14. The highest BCUT2D eigenvalue weighted by molar-refractivity contribution is 6.36. The molecule has 2 aromatic carbocycles. The molecule has 0 radical (unpaired) electrons. The van der Waals surface area contributed by atoms with Crippen LogP contribution in [-0.4, -0.2) is 32.7 Å². The third-order valence-corrected chi connectivity index (χ3v) is 3.71. The summed E-state index contributed by atoms with van der Waals surface area (Å²) in [7, 11) is 2.94. The minimum absolute atomic E-state index is 0.231. The van der Waals surface area contributed by atoms with Crippen molar-refractivity contribution in [3.63, 3.8) is 0 Å². The van der Waals surface area contributed by atoms with Crippen LogP contribution in [0.5, 0.6) is 11.5 Å². The Kier molecular flexibility index (Phi) is 6.50. The Morgan fingerprint density at radius 1 is 1.00 bits per heavy atom. The second-order valence-corrected chi connectivity index (χ2v) is 5.66. The molecular formula is C17H15Cl2NO5. The Bertz CT molecular complexity index is 795. The van der Waals surface area contributed by atoms with Gasteiger partial charge in [0.25, 0.3) is 5.91 Å². The lowest BCUT2D eigenvalue weighted by molar-refractivity contribution is -0.119. The largest absolute Gasteiger partial charge is 0.493 e. The first-order valence-electron chi connectivity index (χ1n) is 7.08. The van der Waals surface area contributed by atoms with Gasteiger partial charge in [-0.25, -0.2) is 4.79 Å². The van der Waals surface area contributed by atoms with Crippen LogP contribution in [0.3, 0.4) is 0 Å². The number of methoxy groups -OCH3 is 2. The summed E-state index contributed by atoms with van der Waals surface area (Å²) in [6, 6.07) is 9.18. The molecule has 0 saturated heterocycles. The molecule has 0 spiro atoms. The van der Waals surface area contributed by atoms with E-state index < -0.39 is 18.5 Å². The maximum absolute atomic E-state index is 12.0. The number of carbonyl (C=O) groups excluding carboxylic acids is 2. The number of hydrogen-bond acceptors (Lipinski definition) is 5. The van der Waals surface area contributed by atoms with E-state index in [0.717, 1.165) is 0 Å². The predicted octanol–water partition coefficient (Wildman–Crippen LogP) is 3.81. The molecule has 6 nitrogen and oxygen atoms in total. The number of benzene rings is 2. The topological polar surface area (TPSA) is 73.9 Å². The maximum Gasteiger partial charge on any atom is 0.338 e. The molecule has 0 aliphatic carbocycles. The summed E-state index contributed by atoms with van der Waals surface area (Å²) < 4.78 is 15.2. The Morgan fingerprint density at radius 2 is 1.72 bits per heavy atom. The van der Waals surface area contributed by atoms with Crippen LogP contribution in [0.25, 0.3) is 0 Å². The van der Waals surface area contributed by atoms with Gasteiger partial charge in [0, 0.05) is 5.02 Å². The summed E-state index contributed by atoms with van der Waals surface area (Å²) in [5.74, 6) is -0.333. The number of ether oxygens (including phenoxy) is 3. The summed E-state index contributed by atoms with van der Waals surface area (Å²) in [6.07, 6.45) is 0. The lowest BCUT2D eigenvalue weighted by Crippen LogP contribution is -2.21. The van der Waals surface area contributed by atoms with E-state index in [1.54, 1.807) is 18.2 Å². The van der Waals surface area contributed by atoms with Gasteiger partial charge in [-0.2, -0.15) is 0 Å². The van der Waals surface area contributed by atoms with Crippen LogP contribution in [0.4, 0.5) is 5.69 Å². The summed E-state index contributed by atoms with van der Waals surface area (Å²) in [5.41, 5.74) is 0.605. The number of anilines is 1. The van der Waals surface area contributed by atoms with Gasteiger partial charge in [0.15, 0.2) is 18.1 Å². The predicted molar refractivity (Wildman–Crippen MR) is 94.9 cm³/mol. The molecule has 0 unspecified atom stereocenters. The summed E-state index contributed by atoms with van der Waals surface area (Å²) in [4.78, 5) is 23.9. The van der Waals surface area contributed by atoms with E-state index >= 15 is 0 Å². The fraction of sp³-hybridized carbons (Fsp3) is 0.176. The number of hydrogen-bond donors (Lipinski definition) is 1. The van der Waals surface area contributed by atoms with Crippen LogP contribution in [0.1, 0.15) is 10.4 Å². The molecule has 0 atom stereocenters. The van der Waals surface area contributed by atoms with Crippen LogP contribution in [0.2, 0.25) is 10.0 Å². The number of esters is 1. The van der Waals surface area contributed by atoms with E-state index in [-0.39, 0.29) is 10.6 Å². The molecule has 2 aromatic rings. The molecule has 25 heavy (non-hydrogen) atoms. The van der Waals surface area contributed by atoms with E-state index in [1.165, 1.54) is 32.4 Å². The van der Waals surface area contributed by atoms with Gasteiger partial charge in [-0.05, 0) is 36.4 Å². The Hall–Kier alpha value is -2.44. The highest BCUT2D eigenvalue weighted by Crippen LogP contribution is 2.28. The molecule has 1 N–H and O–H groups in total. The Morgan fingerprint density at radius 3 is 2.36 bits per heavy atom. The first-order valence-corrected chi connectivity index (χ1v) is 7.84. The van der Waals surface area contributed by atoms with Gasteiger partial charge in [0.2, 0.25) is 0 Å². The van der Waals surface area contributed by atoms with Crippen LogP contribution >= 0.6 is 23.2 Å². The van der Waals surface area contributed by atoms with Crippen molar-refractivity contribution in [2.75, 3.05) is 26.1 Å². The smallest absolute Gasteiger partial charge is 0.338 e. The molecule has 0 fully saturated rings. The quantitative estimate of drug-likeness (QED) is 0.767. The Balaban J connectivity index is 1.96. The second kappa shape index (κ2) is 8.60. The molecule has 0 saturated carbocycles. The van der Waals surface area contributed by atoms with E-state index in [1.807, 2.05) is 0 Å². The fourth-order valence-corrected chi connectivity index (χ4v) is 2.41. The van der Waals surface area contributed by atoms with Gasteiger partial charge in [-0.3, -0.25) is 4.79 Å². The maximum atomic E-state index is 12.0. The normalized spacial score (nSPS) is 10.1. The minimum atomic E-state index is -0.668. The zero-order valence-electron chi connectivity index (χ0n) is 13.5. The fourth-order valence-electron chi connectivity index (χ4n) is 1.95. The van der Waals surface area contributed by atoms with Crippen molar-refractivity contribution < 1.29 is 23.8 Å². The summed E-state index contributed by atoms with van der Waals surface area (Å²) in [6.45, 7) is -0.466. The molecule has 8 heteroatoms. The first kappa shape index (κ1) is 18.9. The van der Waals surface area contributed by atoms with E-state index in [4.69, 9.17) is 37.4 Å². The van der Waals surface area contributed by atoms with Gasteiger partial charge >= 0.3 is 5.97 Å². The van der Waals surface area contributed by atoms with Crippen molar-refractivity contribution in [3.8, 4) is 11.5 Å². The second-order valence-electron chi connectivity index (χ2n) is 4.82. The Labute approximate surface area is 154 Å². The zero-order chi connectivity index (χ0) is 18.4. The van der Waals surface area contributed by atoms with Gasteiger partial charge < -0.3 is 19.5 Å². The average Bonchev–Trinajstić information content (AvgIpc) is 2.61. The monoisotopic (exact) mass is 383 g/mol. The standard InChI is InChI=1S/C17H15Cl2NO5/c1-23-14-6-3-10(7-15(14)24-2)17(22)25-9-16(21)20-13-5-4-11(18)8-12(13)19/h3-8H,9H2,1-2H3,(H,20,21). The van der Waals surface area contributed by atoms with E-state index in [9.17, 15) is 9.59 Å². The zero-order valence-corrected chi connectivity index (χ0v) is 15.0. The third-order valence-electron chi connectivity index (χ3n) is 3.16. The average molecular weight is 384 g/mol. The van der Waals surface area contributed by atoms with Crippen molar-refractivity contribution >= 4 is 40.8 Å². The van der Waals surface area contributed by atoms with Crippen molar-refractivity contribution in [1.29, 1.82) is 0 Å². The lowest BCUT2D eigenvalue weighted by Gasteiger charge is -2.10. The molecule has 2 rings (SSSR count). The van der Waals surface area contributed by atoms with Crippen molar-refractivity contribution in [2.24, 2.45) is 0 Å². The highest BCUT2D eigenvalue weighted by atomic mass is 35.5. The van der Waals surface area contributed by atoms with Crippen molar-refractivity contribution in [1.82, 2.24) is 0 Å². The number of rotatable bonds is 6. The molecule has 0 bridgehead atoms. The molecule has 0 aliphatic rings. The molecule has 0 aromatic heterocycles. The van der Waals surface area contributed by atoms with Crippen LogP contribution in [-0.2, 0) is 9.53 Å². The number of carbonyl (C=O) groups is 2. The molecule has 1 amide bonds. The molecule has 0 heterocycles. The van der Waals surface area contributed by atoms with Crippen molar-refractivity contribution in [2.45, 2.75) is 0 Å². The van der Waals surface area contributed by atoms with E-state index in [0.29, 0.717) is 22.2 Å². The SMILES string of the molecule is COc1ccc(C(=O)OCC(=O)Nc2ccc(Cl)cc2Cl)cc1OC. The van der Waals surface area contributed by atoms with Crippen molar-refractivity contribution in [3.05, 3.63) is 52.0 Å². The molecular weight excluding hydrogens is 369 g/mol. The number of halogens is 2. The summed E-state index contributed by atoms with van der Waals surface area (Å²) in [5, 5.41) is 3.27. The van der Waals surface area contributed by atoms with Crippen LogP contribution in [0.15, 0.2) is 36.4 Å². The first-order chi connectivity index (χ1) is 11.9. The van der Waals surface area contributed by atoms with Gasteiger partial charge in [-0.1, -0.05) is 23.2 Å². The van der Waals surface area contributed by atoms with Gasteiger partial charge in [0.1, 0.15) is 0 Å². The molecule has 0 aliphatic heterocycles. The van der Waals surface area contributed by atoms with Crippen LogP contribution in [0, 0.1) is 0 Å². The molecule has 132 valence electrons. The number of nitrogens with one attached hydrogen (secondary N) is 1. The van der Waals surface area contributed by atoms with E-state index in [2.05, 4.69) is 5.32 Å². The third kappa shape index (κ3) is 5.01. The van der Waals surface area contributed by atoms with Gasteiger partial charge in [0.05, 0.1) is 30.5 Å². The minimum Gasteiger partial charge on any atom is -0.493 e.